The molecule has 1 aliphatic rings. The van der Waals surface area contributed by atoms with Crippen LogP contribution in [0.15, 0.2) is 91.6 Å². The van der Waals surface area contributed by atoms with Gasteiger partial charge in [-0.15, -0.1) is 0 Å². The SMILES string of the molecule is Fc1ccc(C2CCCN2c2ncccc2CC(c2cccnc2)c2cccnc2)cc1. The highest BCUT2D eigenvalue weighted by atomic mass is 19.1. The van der Waals surface area contributed by atoms with E-state index in [0.717, 1.165) is 48.3 Å². The maximum Gasteiger partial charge on any atom is 0.132 e. The third kappa shape index (κ3) is 4.24. The summed E-state index contributed by atoms with van der Waals surface area (Å²) in [4.78, 5) is 15.9. The summed E-state index contributed by atoms with van der Waals surface area (Å²) in [7, 11) is 0. The zero-order valence-electron chi connectivity index (χ0n) is 17.8. The molecule has 1 saturated heterocycles. The van der Waals surface area contributed by atoms with Gasteiger partial charge in [-0.05, 0) is 71.8 Å². The van der Waals surface area contributed by atoms with Crippen molar-refractivity contribution in [1.29, 1.82) is 0 Å². The summed E-state index contributed by atoms with van der Waals surface area (Å²) < 4.78 is 13.5. The van der Waals surface area contributed by atoms with E-state index in [4.69, 9.17) is 4.98 Å². The number of hydrogen-bond acceptors (Lipinski definition) is 4. The van der Waals surface area contributed by atoms with Crippen LogP contribution in [0.25, 0.3) is 0 Å². The normalized spacial score (nSPS) is 15.9. The van der Waals surface area contributed by atoms with Gasteiger partial charge in [-0.1, -0.05) is 30.3 Å². The number of halogens is 1. The Kier molecular flexibility index (Phi) is 5.88. The molecule has 1 fully saturated rings. The van der Waals surface area contributed by atoms with Crippen molar-refractivity contribution in [3.63, 3.8) is 0 Å². The summed E-state index contributed by atoms with van der Waals surface area (Å²) in [5, 5.41) is 0. The molecule has 4 aromatic rings. The van der Waals surface area contributed by atoms with Crippen LogP contribution in [0.3, 0.4) is 0 Å². The zero-order chi connectivity index (χ0) is 21.8. The maximum atomic E-state index is 13.5. The molecular weight excluding hydrogens is 399 g/mol. The fourth-order valence-electron chi connectivity index (χ4n) is 4.71. The molecule has 1 aliphatic heterocycles. The van der Waals surface area contributed by atoms with Crippen molar-refractivity contribution in [3.05, 3.63) is 120 Å². The Bertz CT molecular complexity index is 1110. The van der Waals surface area contributed by atoms with E-state index in [-0.39, 0.29) is 17.8 Å². The van der Waals surface area contributed by atoms with Gasteiger partial charge in [0, 0.05) is 43.4 Å². The monoisotopic (exact) mass is 424 g/mol. The van der Waals surface area contributed by atoms with E-state index in [1.54, 1.807) is 24.5 Å². The molecule has 3 aromatic heterocycles. The highest BCUT2D eigenvalue weighted by Crippen LogP contribution is 2.38. The Labute approximate surface area is 187 Å². The Morgan fingerprint density at radius 2 is 1.56 bits per heavy atom. The average Bonchev–Trinajstić information content (AvgIpc) is 3.34. The third-order valence-corrected chi connectivity index (χ3v) is 6.24. The van der Waals surface area contributed by atoms with E-state index >= 15 is 0 Å². The van der Waals surface area contributed by atoms with E-state index in [1.165, 1.54) is 5.56 Å². The first-order valence-corrected chi connectivity index (χ1v) is 11.1. The fourth-order valence-corrected chi connectivity index (χ4v) is 4.71. The third-order valence-electron chi connectivity index (χ3n) is 6.24. The molecule has 5 heteroatoms. The van der Waals surface area contributed by atoms with Gasteiger partial charge in [0.2, 0.25) is 0 Å². The molecule has 1 unspecified atom stereocenters. The van der Waals surface area contributed by atoms with Gasteiger partial charge in [0.15, 0.2) is 0 Å². The first kappa shape index (κ1) is 20.3. The van der Waals surface area contributed by atoms with Crippen LogP contribution < -0.4 is 4.90 Å². The van der Waals surface area contributed by atoms with Crippen LogP contribution in [-0.2, 0) is 6.42 Å². The molecule has 5 rings (SSSR count). The predicted molar refractivity (Wildman–Crippen MR) is 124 cm³/mol. The van der Waals surface area contributed by atoms with Crippen LogP contribution >= 0.6 is 0 Å². The van der Waals surface area contributed by atoms with Crippen molar-refractivity contribution in [2.24, 2.45) is 0 Å². The molecule has 0 aliphatic carbocycles. The lowest BCUT2D eigenvalue weighted by atomic mass is 9.87. The number of hydrogen-bond donors (Lipinski definition) is 0. The van der Waals surface area contributed by atoms with Crippen molar-refractivity contribution in [2.45, 2.75) is 31.2 Å². The Morgan fingerprint density at radius 3 is 2.22 bits per heavy atom. The van der Waals surface area contributed by atoms with Gasteiger partial charge in [-0.3, -0.25) is 9.97 Å². The molecule has 1 aromatic carbocycles. The molecule has 0 amide bonds. The molecule has 1 atom stereocenters. The second kappa shape index (κ2) is 9.27. The number of aromatic nitrogens is 3. The molecule has 160 valence electrons. The summed E-state index contributed by atoms with van der Waals surface area (Å²) in [6, 6.07) is 19.5. The highest BCUT2D eigenvalue weighted by molar-refractivity contribution is 5.52. The first-order chi connectivity index (χ1) is 15.8. The van der Waals surface area contributed by atoms with Crippen molar-refractivity contribution < 1.29 is 4.39 Å². The average molecular weight is 425 g/mol. The number of rotatable bonds is 6. The second-order valence-corrected chi connectivity index (χ2v) is 8.22. The van der Waals surface area contributed by atoms with Gasteiger partial charge in [-0.25, -0.2) is 9.37 Å². The summed E-state index contributed by atoms with van der Waals surface area (Å²) in [6.07, 6.45) is 12.3. The summed E-state index contributed by atoms with van der Waals surface area (Å²) >= 11 is 0. The van der Waals surface area contributed by atoms with Crippen molar-refractivity contribution in [2.75, 3.05) is 11.4 Å². The maximum absolute atomic E-state index is 13.5. The number of benzene rings is 1. The summed E-state index contributed by atoms with van der Waals surface area (Å²) in [6.45, 7) is 0.941. The second-order valence-electron chi connectivity index (χ2n) is 8.22. The minimum Gasteiger partial charge on any atom is -0.349 e. The van der Waals surface area contributed by atoms with E-state index in [0.29, 0.717) is 0 Å². The molecule has 0 saturated carbocycles. The molecule has 0 N–H and O–H groups in total. The largest absolute Gasteiger partial charge is 0.349 e. The smallest absolute Gasteiger partial charge is 0.132 e. The van der Waals surface area contributed by atoms with Gasteiger partial charge in [0.25, 0.3) is 0 Å². The number of pyridine rings is 3. The lowest BCUT2D eigenvalue weighted by Crippen LogP contribution is -2.25. The van der Waals surface area contributed by atoms with Gasteiger partial charge in [0.1, 0.15) is 11.6 Å². The van der Waals surface area contributed by atoms with Crippen LogP contribution in [0, 0.1) is 5.82 Å². The van der Waals surface area contributed by atoms with Gasteiger partial charge in [-0.2, -0.15) is 0 Å². The minimum absolute atomic E-state index is 0.132. The van der Waals surface area contributed by atoms with Crippen LogP contribution in [-0.4, -0.2) is 21.5 Å². The van der Waals surface area contributed by atoms with Crippen LogP contribution in [0.2, 0.25) is 0 Å². The van der Waals surface area contributed by atoms with Gasteiger partial charge >= 0.3 is 0 Å². The Balaban J connectivity index is 1.50. The highest BCUT2D eigenvalue weighted by Gasteiger charge is 2.29. The van der Waals surface area contributed by atoms with Crippen molar-refractivity contribution in [3.8, 4) is 0 Å². The fraction of sp³-hybridized carbons (Fsp3) is 0.222. The standard InChI is InChI=1S/C27H25FN4/c28-24-11-9-20(10-12-24)26-8-4-16-32(26)27-21(5-3-15-31-27)17-25(22-6-1-13-29-18-22)23-7-2-14-30-19-23/h1-3,5-7,9-15,18-19,25-26H,4,8,16-17H2. The topological polar surface area (TPSA) is 41.9 Å². The quantitative estimate of drug-likeness (QED) is 0.397. The van der Waals surface area contributed by atoms with Crippen molar-refractivity contribution in [1.82, 2.24) is 15.0 Å². The Hall–Kier alpha value is -3.60. The van der Waals surface area contributed by atoms with E-state index in [2.05, 4.69) is 33.1 Å². The van der Waals surface area contributed by atoms with E-state index in [9.17, 15) is 4.39 Å². The first-order valence-electron chi connectivity index (χ1n) is 11.1. The van der Waals surface area contributed by atoms with Crippen LogP contribution in [0.4, 0.5) is 10.2 Å². The predicted octanol–water partition coefficient (Wildman–Crippen LogP) is 5.73. The van der Waals surface area contributed by atoms with Crippen molar-refractivity contribution >= 4 is 5.82 Å². The number of nitrogens with zero attached hydrogens (tertiary/aromatic N) is 4. The molecule has 4 heterocycles. The molecular formula is C27H25FN4. The summed E-state index contributed by atoms with van der Waals surface area (Å²) in [5.74, 6) is 0.942. The van der Waals surface area contributed by atoms with Gasteiger partial charge < -0.3 is 4.90 Å². The zero-order valence-corrected chi connectivity index (χ0v) is 17.8. The van der Waals surface area contributed by atoms with E-state index in [1.807, 2.05) is 48.9 Å². The molecule has 0 spiro atoms. The minimum atomic E-state index is -0.201. The van der Waals surface area contributed by atoms with Gasteiger partial charge in [0.05, 0.1) is 6.04 Å². The van der Waals surface area contributed by atoms with E-state index < -0.39 is 0 Å². The Morgan fingerprint density at radius 1 is 0.875 bits per heavy atom. The molecule has 4 nitrogen and oxygen atoms in total. The number of anilines is 1. The molecule has 32 heavy (non-hydrogen) atoms. The molecule has 0 radical (unpaired) electrons. The lowest BCUT2D eigenvalue weighted by Gasteiger charge is -2.29. The lowest BCUT2D eigenvalue weighted by molar-refractivity contribution is 0.624. The van der Waals surface area contributed by atoms with Crippen LogP contribution in [0.1, 0.15) is 47.1 Å². The summed E-state index contributed by atoms with van der Waals surface area (Å²) in [5.41, 5.74) is 4.65. The van der Waals surface area contributed by atoms with Crippen LogP contribution in [0.5, 0.6) is 0 Å². The molecule has 0 bridgehead atoms.